The van der Waals surface area contributed by atoms with Crippen molar-refractivity contribution < 1.29 is 9.53 Å². The summed E-state index contributed by atoms with van der Waals surface area (Å²) in [5.41, 5.74) is 0.0473. The first kappa shape index (κ1) is 11.4. The molecule has 72 valence electrons. The number of amides is 1. The van der Waals surface area contributed by atoms with Crippen LogP contribution in [0.1, 0.15) is 20.8 Å². The molecule has 12 heavy (non-hydrogen) atoms. The van der Waals surface area contributed by atoms with Crippen LogP contribution in [0, 0.1) is 5.41 Å². The van der Waals surface area contributed by atoms with Crippen LogP contribution < -0.4 is 0 Å². The average molecular weight is 173 g/mol. The standard InChI is InChI=1S/C9H19NO2/c1-5-12-7-9(2,3)6-10(4)8-11/h8H,5-7H2,1-4H3. The molecule has 0 bridgehead atoms. The Morgan fingerprint density at radius 1 is 1.50 bits per heavy atom. The summed E-state index contributed by atoms with van der Waals surface area (Å²) < 4.78 is 5.30. The van der Waals surface area contributed by atoms with Crippen molar-refractivity contribution in [3.63, 3.8) is 0 Å². The van der Waals surface area contributed by atoms with Gasteiger partial charge in [-0.05, 0) is 6.92 Å². The van der Waals surface area contributed by atoms with E-state index in [2.05, 4.69) is 13.8 Å². The van der Waals surface area contributed by atoms with Crippen LogP contribution in [-0.4, -0.2) is 38.1 Å². The number of hydrogen-bond donors (Lipinski definition) is 0. The van der Waals surface area contributed by atoms with Gasteiger partial charge in [0.25, 0.3) is 0 Å². The molecule has 0 aromatic rings. The van der Waals surface area contributed by atoms with Crippen LogP contribution in [-0.2, 0) is 9.53 Å². The second kappa shape index (κ2) is 5.14. The Hall–Kier alpha value is -0.570. The molecule has 1 amide bonds. The molecule has 0 radical (unpaired) electrons. The van der Waals surface area contributed by atoms with Crippen LogP contribution in [0.4, 0.5) is 0 Å². The summed E-state index contributed by atoms with van der Waals surface area (Å²) in [5, 5.41) is 0. The molecule has 0 aromatic carbocycles. The number of ether oxygens (including phenoxy) is 1. The summed E-state index contributed by atoms with van der Waals surface area (Å²) >= 11 is 0. The lowest BCUT2D eigenvalue weighted by molar-refractivity contribution is -0.118. The minimum atomic E-state index is 0.0473. The highest BCUT2D eigenvalue weighted by Gasteiger charge is 2.19. The summed E-state index contributed by atoms with van der Waals surface area (Å²) in [4.78, 5) is 12.0. The molecule has 0 saturated heterocycles. The average Bonchev–Trinajstić information content (AvgIpc) is 2.00. The van der Waals surface area contributed by atoms with E-state index in [1.807, 2.05) is 6.92 Å². The van der Waals surface area contributed by atoms with Gasteiger partial charge < -0.3 is 9.64 Å². The Morgan fingerprint density at radius 3 is 2.50 bits per heavy atom. The third kappa shape index (κ3) is 5.13. The monoisotopic (exact) mass is 173 g/mol. The van der Waals surface area contributed by atoms with Crippen molar-refractivity contribution in [3.05, 3.63) is 0 Å². The maximum Gasteiger partial charge on any atom is 0.209 e. The number of hydrogen-bond acceptors (Lipinski definition) is 2. The zero-order valence-electron chi connectivity index (χ0n) is 8.46. The van der Waals surface area contributed by atoms with Gasteiger partial charge in [-0.15, -0.1) is 0 Å². The van der Waals surface area contributed by atoms with E-state index in [1.54, 1.807) is 11.9 Å². The smallest absolute Gasteiger partial charge is 0.209 e. The number of carbonyl (C=O) groups is 1. The normalized spacial score (nSPS) is 11.3. The second-order valence-electron chi connectivity index (χ2n) is 3.82. The third-order valence-electron chi connectivity index (χ3n) is 1.55. The first-order valence-corrected chi connectivity index (χ1v) is 4.25. The lowest BCUT2D eigenvalue weighted by Crippen LogP contribution is -2.33. The third-order valence-corrected chi connectivity index (χ3v) is 1.55. The maximum absolute atomic E-state index is 10.3. The predicted molar refractivity (Wildman–Crippen MR) is 49.0 cm³/mol. The van der Waals surface area contributed by atoms with Crippen LogP contribution >= 0.6 is 0 Å². The number of rotatable bonds is 6. The molecule has 0 N–H and O–H groups in total. The van der Waals surface area contributed by atoms with E-state index in [1.165, 1.54) is 0 Å². The minimum absolute atomic E-state index is 0.0473. The Balaban J connectivity index is 3.77. The molecule has 0 aliphatic rings. The molecule has 0 aliphatic carbocycles. The van der Waals surface area contributed by atoms with Gasteiger partial charge in [-0.2, -0.15) is 0 Å². The fourth-order valence-corrected chi connectivity index (χ4v) is 1.14. The molecular formula is C9H19NO2. The molecule has 0 rings (SSSR count). The molecule has 0 saturated carbocycles. The van der Waals surface area contributed by atoms with Crippen molar-refractivity contribution in [2.75, 3.05) is 26.8 Å². The van der Waals surface area contributed by atoms with E-state index < -0.39 is 0 Å². The summed E-state index contributed by atoms with van der Waals surface area (Å²) in [5.74, 6) is 0. The fourth-order valence-electron chi connectivity index (χ4n) is 1.14. The van der Waals surface area contributed by atoms with Gasteiger partial charge in [0.15, 0.2) is 0 Å². The Morgan fingerprint density at radius 2 is 2.08 bits per heavy atom. The molecule has 0 atom stereocenters. The fraction of sp³-hybridized carbons (Fsp3) is 0.889. The van der Waals surface area contributed by atoms with Crippen molar-refractivity contribution in [1.82, 2.24) is 4.90 Å². The quantitative estimate of drug-likeness (QED) is 0.564. The van der Waals surface area contributed by atoms with E-state index in [0.717, 1.165) is 19.6 Å². The lowest BCUT2D eigenvalue weighted by Gasteiger charge is -2.27. The molecule has 0 heterocycles. The van der Waals surface area contributed by atoms with Crippen LogP contribution in [0.5, 0.6) is 0 Å². The first-order chi connectivity index (χ1) is 5.52. The largest absolute Gasteiger partial charge is 0.381 e. The maximum atomic E-state index is 10.3. The zero-order valence-corrected chi connectivity index (χ0v) is 8.46. The van der Waals surface area contributed by atoms with Gasteiger partial charge in [-0.1, -0.05) is 13.8 Å². The Kier molecular flexibility index (Phi) is 4.90. The summed E-state index contributed by atoms with van der Waals surface area (Å²) in [6.07, 6.45) is 0.841. The van der Waals surface area contributed by atoms with Gasteiger partial charge in [0.2, 0.25) is 6.41 Å². The number of nitrogens with zero attached hydrogens (tertiary/aromatic N) is 1. The van der Waals surface area contributed by atoms with Gasteiger partial charge in [0.1, 0.15) is 0 Å². The van der Waals surface area contributed by atoms with Gasteiger partial charge in [0, 0.05) is 25.6 Å². The van der Waals surface area contributed by atoms with Crippen molar-refractivity contribution in [2.45, 2.75) is 20.8 Å². The SMILES string of the molecule is CCOCC(C)(C)CN(C)C=O. The molecule has 0 unspecified atom stereocenters. The summed E-state index contributed by atoms with van der Waals surface area (Å²) in [7, 11) is 1.78. The molecule has 0 fully saturated rings. The summed E-state index contributed by atoms with van der Waals surface area (Å²) in [6, 6.07) is 0. The van der Waals surface area contributed by atoms with E-state index >= 15 is 0 Å². The minimum Gasteiger partial charge on any atom is -0.381 e. The van der Waals surface area contributed by atoms with E-state index in [4.69, 9.17) is 4.74 Å². The molecule has 0 aromatic heterocycles. The molecular weight excluding hydrogens is 154 g/mol. The molecule has 3 nitrogen and oxygen atoms in total. The molecule has 0 aliphatic heterocycles. The van der Waals surface area contributed by atoms with Gasteiger partial charge in [-0.3, -0.25) is 4.79 Å². The van der Waals surface area contributed by atoms with E-state index in [0.29, 0.717) is 6.61 Å². The van der Waals surface area contributed by atoms with Crippen molar-refractivity contribution in [3.8, 4) is 0 Å². The van der Waals surface area contributed by atoms with Gasteiger partial charge >= 0.3 is 0 Å². The van der Waals surface area contributed by atoms with Crippen molar-refractivity contribution >= 4 is 6.41 Å². The highest BCUT2D eigenvalue weighted by molar-refractivity contribution is 5.46. The van der Waals surface area contributed by atoms with Crippen molar-refractivity contribution in [2.24, 2.45) is 5.41 Å². The van der Waals surface area contributed by atoms with Crippen LogP contribution in [0.2, 0.25) is 0 Å². The van der Waals surface area contributed by atoms with Crippen LogP contribution in [0.25, 0.3) is 0 Å². The zero-order chi connectivity index (χ0) is 9.61. The highest BCUT2D eigenvalue weighted by atomic mass is 16.5. The van der Waals surface area contributed by atoms with Gasteiger partial charge in [0.05, 0.1) is 6.61 Å². The highest BCUT2D eigenvalue weighted by Crippen LogP contribution is 2.15. The lowest BCUT2D eigenvalue weighted by atomic mass is 9.94. The van der Waals surface area contributed by atoms with Gasteiger partial charge in [-0.25, -0.2) is 0 Å². The summed E-state index contributed by atoms with van der Waals surface area (Å²) in [6.45, 7) is 8.30. The van der Waals surface area contributed by atoms with Crippen LogP contribution in [0.15, 0.2) is 0 Å². The Bertz CT molecular complexity index is 134. The second-order valence-corrected chi connectivity index (χ2v) is 3.82. The molecule has 3 heteroatoms. The topological polar surface area (TPSA) is 29.5 Å². The van der Waals surface area contributed by atoms with Crippen molar-refractivity contribution in [1.29, 1.82) is 0 Å². The Labute approximate surface area is 74.7 Å². The number of carbonyl (C=O) groups excluding carboxylic acids is 1. The van der Waals surface area contributed by atoms with Crippen LogP contribution in [0.3, 0.4) is 0 Å². The molecule has 0 spiro atoms. The predicted octanol–water partition coefficient (Wildman–Crippen LogP) is 1.14. The van der Waals surface area contributed by atoms with E-state index in [9.17, 15) is 4.79 Å². The first-order valence-electron chi connectivity index (χ1n) is 4.25. The van der Waals surface area contributed by atoms with E-state index in [-0.39, 0.29) is 5.41 Å².